The molecule has 1 aromatic carbocycles. The van der Waals surface area contributed by atoms with Crippen LogP contribution in [0.4, 0.5) is 4.79 Å². The van der Waals surface area contributed by atoms with Gasteiger partial charge in [-0.1, -0.05) is 68.9 Å². The van der Waals surface area contributed by atoms with Crippen molar-refractivity contribution in [2.75, 3.05) is 6.54 Å². The van der Waals surface area contributed by atoms with E-state index in [2.05, 4.69) is 5.32 Å². The van der Waals surface area contributed by atoms with E-state index in [4.69, 9.17) is 4.74 Å². The van der Waals surface area contributed by atoms with E-state index in [0.717, 1.165) is 18.4 Å². The third-order valence-electron chi connectivity index (χ3n) is 4.65. The van der Waals surface area contributed by atoms with Gasteiger partial charge in [0, 0.05) is 6.54 Å². The van der Waals surface area contributed by atoms with Gasteiger partial charge in [-0.3, -0.25) is 4.79 Å². The maximum atomic E-state index is 11.8. The van der Waals surface area contributed by atoms with E-state index in [1.165, 1.54) is 25.7 Å². The fraction of sp³-hybridized carbons (Fsp3) is 0.579. The van der Waals surface area contributed by atoms with Gasteiger partial charge in [-0.15, -0.1) is 0 Å². The Morgan fingerprint density at radius 1 is 1.12 bits per heavy atom. The highest BCUT2D eigenvalue weighted by Crippen LogP contribution is 2.28. The molecule has 2 N–H and O–H groups in total. The van der Waals surface area contributed by atoms with Crippen molar-refractivity contribution in [3.63, 3.8) is 0 Å². The monoisotopic (exact) mass is 333 g/mol. The standard InChI is InChI=1S/C19H27NO4/c21-18(22)17(12-15-8-4-1-2-5-9-15)13-20-19(23)24-14-16-10-6-3-7-11-16/h3,6-7,10-11,15,17H,1-2,4-5,8-9,12-14H2,(H,20,23)(H,21,22). The number of carbonyl (C=O) groups excluding carboxylic acids is 1. The summed E-state index contributed by atoms with van der Waals surface area (Å²) in [6.07, 6.45) is 7.13. The highest BCUT2D eigenvalue weighted by molar-refractivity contribution is 5.72. The highest BCUT2D eigenvalue weighted by Gasteiger charge is 2.24. The minimum absolute atomic E-state index is 0.124. The highest BCUT2D eigenvalue weighted by atomic mass is 16.5. The first-order valence-electron chi connectivity index (χ1n) is 8.82. The maximum Gasteiger partial charge on any atom is 0.407 e. The van der Waals surface area contributed by atoms with E-state index < -0.39 is 18.0 Å². The van der Waals surface area contributed by atoms with Crippen LogP contribution in [-0.2, 0) is 16.1 Å². The summed E-state index contributed by atoms with van der Waals surface area (Å²) in [5.74, 6) is -0.935. The Morgan fingerprint density at radius 3 is 2.42 bits per heavy atom. The predicted octanol–water partition coefficient (Wildman–Crippen LogP) is 3.97. The number of carbonyl (C=O) groups is 2. The maximum absolute atomic E-state index is 11.8. The number of alkyl carbamates (subject to hydrolysis) is 1. The number of hydrogen-bond acceptors (Lipinski definition) is 3. The summed E-state index contributed by atoms with van der Waals surface area (Å²) in [7, 11) is 0. The van der Waals surface area contributed by atoms with Gasteiger partial charge < -0.3 is 15.2 Å². The average Bonchev–Trinajstić information content (AvgIpc) is 2.86. The summed E-state index contributed by atoms with van der Waals surface area (Å²) < 4.78 is 5.13. The third kappa shape index (κ3) is 6.60. The number of hydrogen-bond donors (Lipinski definition) is 2. The molecule has 0 radical (unpaired) electrons. The minimum Gasteiger partial charge on any atom is -0.481 e. The molecule has 1 atom stereocenters. The Bertz CT molecular complexity index is 509. The Balaban J connectivity index is 1.73. The molecule has 2 rings (SSSR count). The molecule has 5 heteroatoms. The van der Waals surface area contributed by atoms with Crippen LogP contribution in [0.5, 0.6) is 0 Å². The largest absolute Gasteiger partial charge is 0.481 e. The molecule has 0 aromatic heterocycles. The van der Waals surface area contributed by atoms with Crippen molar-refractivity contribution in [3.05, 3.63) is 35.9 Å². The summed E-state index contributed by atoms with van der Waals surface area (Å²) >= 11 is 0. The molecule has 1 unspecified atom stereocenters. The molecule has 1 aromatic rings. The molecule has 0 bridgehead atoms. The second-order valence-electron chi connectivity index (χ2n) is 6.57. The first-order valence-corrected chi connectivity index (χ1v) is 8.82. The summed E-state index contributed by atoms with van der Waals surface area (Å²) in [6.45, 7) is 0.312. The molecule has 1 amide bonds. The summed E-state index contributed by atoms with van der Waals surface area (Å²) in [4.78, 5) is 23.2. The number of rotatable bonds is 7. The van der Waals surface area contributed by atoms with Gasteiger partial charge in [-0.2, -0.15) is 0 Å². The number of ether oxygens (including phenoxy) is 1. The van der Waals surface area contributed by atoms with Gasteiger partial charge >= 0.3 is 12.1 Å². The lowest BCUT2D eigenvalue weighted by Gasteiger charge is -2.19. The van der Waals surface area contributed by atoms with Crippen molar-refractivity contribution < 1.29 is 19.4 Å². The van der Waals surface area contributed by atoms with Crippen molar-refractivity contribution in [2.24, 2.45) is 11.8 Å². The molecule has 0 saturated heterocycles. The Morgan fingerprint density at radius 2 is 1.79 bits per heavy atom. The number of benzene rings is 1. The summed E-state index contributed by atoms with van der Waals surface area (Å²) in [5, 5.41) is 12.0. The molecule has 132 valence electrons. The van der Waals surface area contributed by atoms with Gasteiger partial charge in [0.15, 0.2) is 0 Å². The van der Waals surface area contributed by atoms with Crippen molar-refractivity contribution in [2.45, 2.75) is 51.6 Å². The van der Waals surface area contributed by atoms with Crippen LogP contribution < -0.4 is 5.32 Å². The van der Waals surface area contributed by atoms with E-state index in [1.54, 1.807) is 0 Å². The number of nitrogens with one attached hydrogen (secondary N) is 1. The van der Waals surface area contributed by atoms with Gasteiger partial charge in [0.05, 0.1) is 5.92 Å². The first kappa shape index (κ1) is 18.3. The second-order valence-corrected chi connectivity index (χ2v) is 6.57. The molecule has 1 aliphatic rings. The predicted molar refractivity (Wildman–Crippen MR) is 91.6 cm³/mol. The van der Waals surface area contributed by atoms with Gasteiger partial charge in [0.25, 0.3) is 0 Å². The van der Waals surface area contributed by atoms with Crippen molar-refractivity contribution in [1.29, 1.82) is 0 Å². The lowest BCUT2D eigenvalue weighted by molar-refractivity contribution is -0.142. The van der Waals surface area contributed by atoms with Crippen LogP contribution in [0, 0.1) is 11.8 Å². The van der Waals surface area contributed by atoms with Crippen LogP contribution in [0.2, 0.25) is 0 Å². The van der Waals surface area contributed by atoms with E-state index >= 15 is 0 Å². The zero-order valence-corrected chi connectivity index (χ0v) is 14.1. The van der Waals surface area contributed by atoms with Crippen molar-refractivity contribution in [3.8, 4) is 0 Å². The lowest BCUT2D eigenvalue weighted by atomic mass is 9.89. The fourth-order valence-corrected chi connectivity index (χ4v) is 3.25. The molecule has 24 heavy (non-hydrogen) atoms. The lowest BCUT2D eigenvalue weighted by Crippen LogP contribution is -2.34. The first-order chi connectivity index (χ1) is 11.6. The molecule has 1 aliphatic carbocycles. The Labute approximate surface area is 143 Å². The van der Waals surface area contributed by atoms with Crippen LogP contribution in [0.1, 0.15) is 50.5 Å². The van der Waals surface area contributed by atoms with Crippen molar-refractivity contribution in [1.82, 2.24) is 5.32 Å². The third-order valence-corrected chi connectivity index (χ3v) is 4.65. The quantitative estimate of drug-likeness (QED) is 0.740. The Hall–Kier alpha value is -2.04. The summed E-state index contributed by atoms with van der Waals surface area (Å²) in [6, 6.07) is 9.40. The number of amides is 1. The molecule has 0 heterocycles. The zero-order chi connectivity index (χ0) is 17.2. The smallest absolute Gasteiger partial charge is 0.407 e. The van der Waals surface area contributed by atoms with Crippen LogP contribution >= 0.6 is 0 Å². The Kier molecular flexibility index (Phi) is 7.59. The topological polar surface area (TPSA) is 75.6 Å². The van der Waals surface area contributed by atoms with Crippen molar-refractivity contribution >= 4 is 12.1 Å². The number of carboxylic acid groups (broad SMARTS) is 1. The van der Waals surface area contributed by atoms with Crippen LogP contribution in [0.3, 0.4) is 0 Å². The van der Waals surface area contributed by atoms with Gasteiger partial charge in [-0.05, 0) is 17.9 Å². The van der Waals surface area contributed by atoms with Crippen LogP contribution in [0.15, 0.2) is 30.3 Å². The number of carboxylic acids is 1. The molecular formula is C19H27NO4. The minimum atomic E-state index is -0.845. The average molecular weight is 333 g/mol. The molecular weight excluding hydrogens is 306 g/mol. The zero-order valence-electron chi connectivity index (χ0n) is 14.1. The van der Waals surface area contributed by atoms with E-state index in [1.807, 2.05) is 30.3 Å². The van der Waals surface area contributed by atoms with Crippen LogP contribution in [-0.4, -0.2) is 23.7 Å². The molecule has 0 spiro atoms. The van der Waals surface area contributed by atoms with E-state index in [9.17, 15) is 14.7 Å². The fourth-order valence-electron chi connectivity index (χ4n) is 3.25. The van der Waals surface area contributed by atoms with E-state index in [0.29, 0.717) is 12.3 Å². The van der Waals surface area contributed by atoms with Gasteiger partial charge in [0.2, 0.25) is 0 Å². The molecule has 1 saturated carbocycles. The van der Waals surface area contributed by atoms with Gasteiger partial charge in [-0.25, -0.2) is 4.79 Å². The molecule has 5 nitrogen and oxygen atoms in total. The second kappa shape index (κ2) is 9.96. The van der Waals surface area contributed by atoms with E-state index in [-0.39, 0.29) is 13.2 Å². The SMILES string of the molecule is O=C(NCC(CC1CCCCCC1)C(=O)O)OCc1ccccc1. The summed E-state index contributed by atoms with van der Waals surface area (Å²) in [5.41, 5.74) is 0.904. The molecule has 0 aliphatic heterocycles. The number of aliphatic carboxylic acids is 1. The molecule has 1 fully saturated rings. The normalized spacial score (nSPS) is 16.8. The van der Waals surface area contributed by atoms with Crippen LogP contribution in [0.25, 0.3) is 0 Å². The van der Waals surface area contributed by atoms with Gasteiger partial charge in [0.1, 0.15) is 6.61 Å².